The van der Waals surface area contributed by atoms with Crippen LogP contribution in [-0.2, 0) is 18.3 Å². The molecule has 0 radical (unpaired) electrons. The number of fused-ring (bicyclic) bond motifs is 7. The molecule has 10 aromatic carbocycles. The van der Waals surface area contributed by atoms with Gasteiger partial charge in [-0.3, -0.25) is 0 Å². The van der Waals surface area contributed by atoms with Gasteiger partial charge in [-0.25, -0.2) is 0 Å². The van der Waals surface area contributed by atoms with Crippen LogP contribution in [0.25, 0.3) is 98.7 Å². The zero-order chi connectivity index (χ0) is 42.7. The molecular formula is C63H54. The van der Waals surface area contributed by atoms with Crippen LogP contribution in [0.1, 0.15) is 75.6 Å². The Morgan fingerprint density at radius 2 is 0.587 bits per heavy atom. The molecule has 0 saturated heterocycles. The van der Waals surface area contributed by atoms with E-state index in [4.69, 9.17) is 0 Å². The molecule has 0 heterocycles. The summed E-state index contributed by atoms with van der Waals surface area (Å²) >= 11 is 0. The normalized spacial score (nSPS) is 13.0. The lowest BCUT2D eigenvalue weighted by molar-refractivity contribution is 0.661. The highest BCUT2D eigenvalue weighted by Crippen LogP contribution is 2.53. The van der Waals surface area contributed by atoms with Crippen molar-refractivity contribution in [2.24, 2.45) is 0 Å². The van der Waals surface area contributed by atoms with Gasteiger partial charge < -0.3 is 0 Å². The van der Waals surface area contributed by atoms with Gasteiger partial charge in [-0.15, -0.1) is 0 Å². The van der Waals surface area contributed by atoms with Gasteiger partial charge >= 0.3 is 0 Å². The third kappa shape index (κ3) is 6.50. The minimum Gasteiger partial charge on any atom is -0.0654 e. The summed E-state index contributed by atoms with van der Waals surface area (Å²) in [6.07, 6.45) is 7.13. The van der Waals surface area contributed by atoms with Crippen molar-refractivity contribution in [2.45, 2.75) is 71.6 Å². The molecule has 0 saturated carbocycles. The summed E-state index contributed by atoms with van der Waals surface area (Å²) in [5.41, 5.74) is 18.5. The molecule has 0 amide bonds. The van der Waals surface area contributed by atoms with Crippen LogP contribution in [0.15, 0.2) is 182 Å². The Morgan fingerprint density at radius 1 is 0.317 bits per heavy atom. The first kappa shape index (κ1) is 39.1. The van der Waals surface area contributed by atoms with E-state index in [9.17, 15) is 0 Å². The molecule has 0 aromatic heterocycles. The molecule has 1 aliphatic rings. The van der Waals surface area contributed by atoms with Crippen LogP contribution < -0.4 is 0 Å². The molecule has 1 aliphatic carbocycles. The van der Waals surface area contributed by atoms with Crippen LogP contribution in [0.5, 0.6) is 0 Å². The maximum Gasteiger partial charge on any atom is 0.0159 e. The highest BCUT2D eigenvalue weighted by molar-refractivity contribution is 6.23. The van der Waals surface area contributed by atoms with E-state index in [-0.39, 0.29) is 5.41 Å². The quantitative estimate of drug-likeness (QED) is 0.121. The van der Waals surface area contributed by atoms with Gasteiger partial charge in [0.1, 0.15) is 0 Å². The molecule has 0 atom stereocenters. The van der Waals surface area contributed by atoms with Gasteiger partial charge in [0.2, 0.25) is 0 Å². The van der Waals surface area contributed by atoms with Gasteiger partial charge in [0.05, 0.1) is 0 Å². The lowest BCUT2D eigenvalue weighted by Crippen LogP contribution is -2.15. The van der Waals surface area contributed by atoms with Gasteiger partial charge in [0, 0.05) is 5.41 Å². The highest BCUT2D eigenvalue weighted by Gasteiger charge is 2.36. The first-order valence-corrected chi connectivity index (χ1v) is 23.3. The number of hydrogen-bond donors (Lipinski definition) is 0. The van der Waals surface area contributed by atoms with Gasteiger partial charge in [0.25, 0.3) is 0 Å². The molecule has 0 N–H and O–H groups in total. The molecule has 0 spiro atoms. The number of rotatable bonds is 10. The largest absolute Gasteiger partial charge is 0.0654 e. The van der Waals surface area contributed by atoms with Crippen molar-refractivity contribution in [1.82, 2.24) is 0 Å². The Balaban J connectivity index is 1.04. The fourth-order valence-corrected chi connectivity index (χ4v) is 11.0. The zero-order valence-electron chi connectivity index (χ0n) is 37.1. The Kier molecular flexibility index (Phi) is 9.84. The second kappa shape index (κ2) is 15.9. The van der Waals surface area contributed by atoms with E-state index < -0.39 is 0 Å². The summed E-state index contributed by atoms with van der Waals surface area (Å²) in [6.45, 7) is 9.39. The summed E-state index contributed by atoms with van der Waals surface area (Å²) in [4.78, 5) is 0. The molecule has 0 heteroatoms. The van der Waals surface area contributed by atoms with Gasteiger partial charge in [-0.05, 0) is 159 Å². The van der Waals surface area contributed by atoms with E-state index in [0.717, 1.165) is 12.8 Å². The number of benzene rings is 10. The molecule has 11 rings (SSSR count). The summed E-state index contributed by atoms with van der Waals surface area (Å²) in [5, 5.41) is 10.4. The number of aryl methyl sites for hydroxylation is 2. The topological polar surface area (TPSA) is 0 Å². The van der Waals surface area contributed by atoms with Crippen molar-refractivity contribution < 1.29 is 0 Å². The summed E-state index contributed by atoms with van der Waals surface area (Å²) in [6, 6.07) is 69.5. The third-order valence-electron chi connectivity index (χ3n) is 14.2. The molecule has 0 bridgehead atoms. The van der Waals surface area contributed by atoms with E-state index >= 15 is 0 Å². The number of hydrogen-bond acceptors (Lipinski definition) is 0. The molecule has 63 heavy (non-hydrogen) atoms. The molecule has 0 unspecified atom stereocenters. The molecule has 0 aliphatic heterocycles. The van der Waals surface area contributed by atoms with Crippen molar-refractivity contribution >= 4 is 43.1 Å². The molecule has 0 fully saturated rings. The van der Waals surface area contributed by atoms with Crippen LogP contribution in [0.3, 0.4) is 0 Å². The average molecular weight is 811 g/mol. The maximum absolute atomic E-state index is 2.51. The molecule has 306 valence electrons. The third-order valence-corrected chi connectivity index (χ3v) is 14.2. The van der Waals surface area contributed by atoms with Crippen molar-refractivity contribution in [3.05, 3.63) is 204 Å². The minimum atomic E-state index is -0.202. The van der Waals surface area contributed by atoms with E-state index in [1.807, 2.05) is 0 Å². The fourth-order valence-electron chi connectivity index (χ4n) is 11.0. The Bertz CT molecular complexity index is 3020. The summed E-state index contributed by atoms with van der Waals surface area (Å²) in [5.74, 6) is 0. The fraction of sp³-hybridized carbons (Fsp3) is 0.175. The van der Waals surface area contributed by atoms with Gasteiger partial charge in [-0.1, -0.05) is 210 Å². The smallest absolute Gasteiger partial charge is 0.0159 e. The SMILES string of the molecule is CCCCc1ccc(-c2c3ccccc3c(-c3ccc4c(c3)C(C)(C)c3cc(-c5c6ccccc6c(-c6ccc(CCCC)cc6)c6ccccc56)ccc3-4)c3ccccc23)cc1. The zero-order valence-corrected chi connectivity index (χ0v) is 37.1. The predicted octanol–water partition coefficient (Wildman–Crippen LogP) is 18.0. The van der Waals surface area contributed by atoms with Crippen molar-refractivity contribution in [1.29, 1.82) is 0 Å². The highest BCUT2D eigenvalue weighted by atomic mass is 14.4. The minimum absolute atomic E-state index is 0.202. The summed E-state index contributed by atoms with van der Waals surface area (Å²) in [7, 11) is 0. The summed E-state index contributed by atoms with van der Waals surface area (Å²) < 4.78 is 0. The average Bonchev–Trinajstić information content (AvgIpc) is 3.55. The Labute approximate surface area is 372 Å². The van der Waals surface area contributed by atoms with Crippen molar-refractivity contribution in [2.75, 3.05) is 0 Å². The van der Waals surface area contributed by atoms with Crippen LogP contribution >= 0.6 is 0 Å². The first-order chi connectivity index (χ1) is 30.9. The Morgan fingerprint density at radius 3 is 0.873 bits per heavy atom. The van der Waals surface area contributed by atoms with E-state index in [0.29, 0.717) is 0 Å². The standard InChI is InChI=1S/C63H54/c1-5-7-17-41-27-31-43(32-28-41)59-49-19-9-13-23-53(49)61(54-24-14-10-20-50(54)59)45-35-37-47-48-38-36-46(40-58(48)63(3,4)57(47)39-45)62-55-25-15-11-21-51(55)60(52-22-12-16-26-56(52)62)44-33-29-42(30-34-44)18-8-6-2/h9-16,19-40H,5-8,17-18H2,1-4H3. The van der Waals surface area contributed by atoms with E-state index in [2.05, 4.69) is 210 Å². The van der Waals surface area contributed by atoms with E-state index in [1.54, 1.807) is 0 Å². The van der Waals surface area contributed by atoms with Crippen LogP contribution in [-0.4, -0.2) is 0 Å². The van der Waals surface area contributed by atoms with Crippen LogP contribution in [0, 0.1) is 0 Å². The van der Waals surface area contributed by atoms with Crippen LogP contribution in [0.2, 0.25) is 0 Å². The second-order valence-corrected chi connectivity index (χ2v) is 18.4. The molecular weight excluding hydrogens is 757 g/mol. The monoisotopic (exact) mass is 810 g/mol. The lowest BCUT2D eigenvalue weighted by atomic mass is 9.79. The molecule has 0 nitrogen and oxygen atoms in total. The number of unbranched alkanes of at least 4 members (excludes halogenated alkanes) is 2. The predicted molar refractivity (Wildman–Crippen MR) is 273 cm³/mol. The maximum atomic E-state index is 2.51. The molecule has 10 aromatic rings. The van der Waals surface area contributed by atoms with Crippen LogP contribution in [0.4, 0.5) is 0 Å². The van der Waals surface area contributed by atoms with Gasteiger partial charge in [-0.2, -0.15) is 0 Å². The van der Waals surface area contributed by atoms with Gasteiger partial charge in [0.15, 0.2) is 0 Å². The van der Waals surface area contributed by atoms with Crippen molar-refractivity contribution in [3.63, 3.8) is 0 Å². The van der Waals surface area contributed by atoms with E-state index in [1.165, 1.54) is 147 Å². The second-order valence-electron chi connectivity index (χ2n) is 18.4. The van der Waals surface area contributed by atoms with Crippen molar-refractivity contribution in [3.8, 4) is 55.6 Å². The lowest BCUT2D eigenvalue weighted by Gasteiger charge is -2.24. The Hall–Kier alpha value is -6.76. The first-order valence-electron chi connectivity index (χ1n) is 23.3.